The van der Waals surface area contributed by atoms with Gasteiger partial charge in [-0.15, -0.1) is 0 Å². The van der Waals surface area contributed by atoms with Gasteiger partial charge in [0.05, 0.1) is 0 Å². The molecule has 0 aliphatic carbocycles. The summed E-state index contributed by atoms with van der Waals surface area (Å²) in [4.78, 5) is 4.33. The molecule has 0 atom stereocenters. The molecule has 0 rings (SSSR count). The number of hydrogen-bond donors (Lipinski definition) is 0. The average molecular weight is 163 g/mol. The molecular formula is C11H17N. The van der Waals surface area contributed by atoms with Gasteiger partial charge in [0.2, 0.25) is 0 Å². The average Bonchev–Trinajstić information content (AvgIpc) is 1.85. The fourth-order valence-corrected chi connectivity index (χ4v) is 1.03. The zero-order valence-electron chi connectivity index (χ0n) is 8.44. The van der Waals surface area contributed by atoms with Crippen molar-refractivity contribution < 1.29 is 0 Å². The molecule has 0 aliphatic heterocycles. The monoisotopic (exact) mass is 163 g/mol. The van der Waals surface area contributed by atoms with Gasteiger partial charge in [-0.2, -0.15) is 0 Å². The van der Waals surface area contributed by atoms with E-state index in [1.807, 2.05) is 27.7 Å². The first-order valence-corrected chi connectivity index (χ1v) is 4.00. The van der Waals surface area contributed by atoms with Crippen LogP contribution in [0.5, 0.6) is 0 Å². The van der Waals surface area contributed by atoms with Crippen LogP contribution in [0.1, 0.15) is 27.7 Å². The summed E-state index contributed by atoms with van der Waals surface area (Å²) in [5, 5.41) is 0. The van der Waals surface area contributed by atoms with Gasteiger partial charge < -0.3 is 0 Å². The maximum absolute atomic E-state index is 4.33. The molecule has 0 fully saturated rings. The summed E-state index contributed by atoms with van der Waals surface area (Å²) in [5.41, 5.74) is 4.08. The number of hydrogen-bond acceptors (Lipinski definition) is 1. The lowest BCUT2D eigenvalue weighted by atomic mass is 10.1. The second-order valence-electron chi connectivity index (χ2n) is 3.04. The molecule has 0 aromatic rings. The zero-order valence-corrected chi connectivity index (χ0v) is 8.44. The Morgan fingerprint density at radius 2 is 1.67 bits per heavy atom. The van der Waals surface area contributed by atoms with Gasteiger partial charge in [-0.1, -0.05) is 19.2 Å². The van der Waals surface area contributed by atoms with Crippen molar-refractivity contribution in [3.63, 3.8) is 0 Å². The van der Waals surface area contributed by atoms with E-state index in [4.69, 9.17) is 0 Å². The SMILES string of the molecule is C=C/C(C(=C)C)=C(\C)N=C(C)C. The third-order valence-corrected chi connectivity index (χ3v) is 1.45. The molecule has 0 aromatic heterocycles. The van der Waals surface area contributed by atoms with Gasteiger partial charge in [0.25, 0.3) is 0 Å². The van der Waals surface area contributed by atoms with Crippen LogP contribution < -0.4 is 0 Å². The highest BCUT2D eigenvalue weighted by atomic mass is 14.7. The van der Waals surface area contributed by atoms with Gasteiger partial charge in [0.15, 0.2) is 0 Å². The number of aliphatic imine (C=N–C) groups is 1. The maximum Gasteiger partial charge on any atom is 0.0446 e. The lowest BCUT2D eigenvalue weighted by molar-refractivity contribution is 1.23. The number of allylic oxidation sites excluding steroid dienone is 4. The van der Waals surface area contributed by atoms with E-state index in [2.05, 4.69) is 18.2 Å². The third-order valence-electron chi connectivity index (χ3n) is 1.45. The van der Waals surface area contributed by atoms with Gasteiger partial charge in [0.1, 0.15) is 0 Å². The Labute approximate surface area is 75.2 Å². The molecule has 0 spiro atoms. The van der Waals surface area contributed by atoms with Crippen molar-refractivity contribution in [2.45, 2.75) is 27.7 Å². The molecular weight excluding hydrogens is 146 g/mol. The molecule has 1 nitrogen and oxygen atoms in total. The molecule has 0 bridgehead atoms. The van der Waals surface area contributed by atoms with Gasteiger partial charge in [-0.25, -0.2) is 0 Å². The molecule has 0 saturated heterocycles. The summed E-state index contributed by atoms with van der Waals surface area (Å²) in [6.45, 7) is 15.5. The number of nitrogens with zero attached hydrogens (tertiary/aromatic N) is 1. The maximum atomic E-state index is 4.33. The summed E-state index contributed by atoms with van der Waals surface area (Å²) in [6.07, 6.45) is 1.80. The predicted molar refractivity (Wildman–Crippen MR) is 56.5 cm³/mol. The van der Waals surface area contributed by atoms with Crippen LogP contribution in [-0.2, 0) is 0 Å². The Morgan fingerprint density at radius 1 is 1.17 bits per heavy atom. The molecule has 66 valence electrons. The second-order valence-corrected chi connectivity index (χ2v) is 3.04. The Kier molecular flexibility index (Phi) is 4.27. The second kappa shape index (κ2) is 4.70. The fourth-order valence-electron chi connectivity index (χ4n) is 1.03. The number of rotatable bonds is 3. The minimum Gasteiger partial charge on any atom is -0.263 e. The largest absolute Gasteiger partial charge is 0.263 e. The molecule has 0 radical (unpaired) electrons. The fraction of sp³-hybridized carbons (Fsp3) is 0.364. The first-order chi connectivity index (χ1) is 5.49. The van der Waals surface area contributed by atoms with Crippen LogP contribution in [0.15, 0.2) is 41.1 Å². The van der Waals surface area contributed by atoms with Crippen molar-refractivity contribution in [1.29, 1.82) is 0 Å². The van der Waals surface area contributed by atoms with Crippen molar-refractivity contribution in [3.05, 3.63) is 36.1 Å². The molecule has 0 aromatic carbocycles. The lowest BCUT2D eigenvalue weighted by Crippen LogP contribution is -1.87. The van der Waals surface area contributed by atoms with Crippen molar-refractivity contribution in [2.24, 2.45) is 4.99 Å². The summed E-state index contributed by atoms with van der Waals surface area (Å²) in [5.74, 6) is 0. The molecule has 0 saturated carbocycles. The Balaban J connectivity index is 4.98. The van der Waals surface area contributed by atoms with Crippen LogP contribution in [0.3, 0.4) is 0 Å². The van der Waals surface area contributed by atoms with Gasteiger partial charge in [-0.05, 0) is 38.8 Å². The van der Waals surface area contributed by atoms with Gasteiger partial charge >= 0.3 is 0 Å². The van der Waals surface area contributed by atoms with Crippen LogP contribution in [0.2, 0.25) is 0 Å². The van der Waals surface area contributed by atoms with Crippen LogP contribution in [0.25, 0.3) is 0 Å². The lowest BCUT2D eigenvalue weighted by Gasteiger charge is -2.03. The van der Waals surface area contributed by atoms with E-state index in [9.17, 15) is 0 Å². The van der Waals surface area contributed by atoms with E-state index in [-0.39, 0.29) is 0 Å². The van der Waals surface area contributed by atoms with E-state index >= 15 is 0 Å². The summed E-state index contributed by atoms with van der Waals surface area (Å²) >= 11 is 0. The minimum atomic E-state index is 0.984. The van der Waals surface area contributed by atoms with E-state index in [1.165, 1.54) is 0 Å². The molecule has 0 amide bonds. The van der Waals surface area contributed by atoms with Crippen molar-refractivity contribution in [2.75, 3.05) is 0 Å². The molecule has 0 unspecified atom stereocenters. The minimum absolute atomic E-state index is 0.984. The van der Waals surface area contributed by atoms with Crippen LogP contribution in [0, 0.1) is 0 Å². The first-order valence-electron chi connectivity index (χ1n) is 4.00. The van der Waals surface area contributed by atoms with Crippen LogP contribution in [-0.4, -0.2) is 5.71 Å². The topological polar surface area (TPSA) is 12.4 Å². The molecule has 1 heteroatoms. The first kappa shape index (κ1) is 10.9. The highest BCUT2D eigenvalue weighted by Gasteiger charge is 1.97. The molecule has 0 heterocycles. The quantitative estimate of drug-likeness (QED) is 0.446. The Hall–Kier alpha value is -1.11. The van der Waals surface area contributed by atoms with E-state index in [0.717, 1.165) is 22.6 Å². The highest BCUT2D eigenvalue weighted by molar-refractivity contribution is 5.80. The van der Waals surface area contributed by atoms with E-state index < -0.39 is 0 Å². The molecule has 0 N–H and O–H groups in total. The van der Waals surface area contributed by atoms with Crippen LogP contribution >= 0.6 is 0 Å². The van der Waals surface area contributed by atoms with Crippen molar-refractivity contribution in [3.8, 4) is 0 Å². The van der Waals surface area contributed by atoms with E-state index in [0.29, 0.717) is 0 Å². The molecule has 0 aliphatic rings. The highest BCUT2D eigenvalue weighted by Crippen LogP contribution is 2.14. The summed E-state index contributed by atoms with van der Waals surface area (Å²) < 4.78 is 0. The van der Waals surface area contributed by atoms with Crippen LogP contribution in [0.4, 0.5) is 0 Å². The van der Waals surface area contributed by atoms with E-state index in [1.54, 1.807) is 6.08 Å². The van der Waals surface area contributed by atoms with Gasteiger partial charge in [-0.3, -0.25) is 4.99 Å². The van der Waals surface area contributed by atoms with Crippen molar-refractivity contribution in [1.82, 2.24) is 0 Å². The smallest absolute Gasteiger partial charge is 0.0446 e. The molecule has 12 heavy (non-hydrogen) atoms. The Morgan fingerprint density at radius 3 is 1.92 bits per heavy atom. The standard InChI is InChI=1S/C11H17N/c1-7-11(8(2)3)10(6)12-9(4)5/h7H,1-2H2,3-6H3/b11-10-. The zero-order chi connectivity index (χ0) is 9.72. The van der Waals surface area contributed by atoms with Crippen molar-refractivity contribution >= 4 is 5.71 Å². The van der Waals surface area contributed by atoms with Gasteiger partial charge in [0, 0.05) is 11.4 Å². The predicted octanol–water partition coefficient (Wildman–Crippen LogP) is 3.50. The normalized spacial score (nSPS) is 11.7. The summed E-state index contributed by atoms with van der Waals surface area (Å²) in [6, 6.07) is 0. The summed E-state index contributed by atoms with van der Waals surface area (Å²) in [7, 11) is 0. The third kappa shape index (κ3) is 3.33. The Bertz CT molecular complexity index is 250.